The van der Waals surface area contributed by atoms with Crippen LogP contribution in [0.2, 0.25) is 5.02 Å². The van der Waals surface area contributed by atoms with Crippen molar-refractivity contribution in [2.75, 3.05) is 0 Å². The summed E-state index contributed by atoms with van der Waals surface area (Å²) in [6, 6.07) is 23.0. The number of nitrogens with one attached hydrogen (secondary N) is 1. The van der Waals surface area contributed by atoms with Gasteiger partial charge in [0.1, 0.15) is 0 Å². The Morgan fingerprint density at radius 3 is 2.55 bits per heavy atom. The van der Waals surface area contributed by atoms with Crippen molar-refractivity contribution in [3.05, 3.63) is 105 Å². The topological polar surface area (TPSA) is 46.4 Å². The maximum atomic E-state index is 12.2. The van der Waals surface area contributed by atoms with Gasteiger partial charge >= 0.3 is 0 Å². The summed E-state index contributed by atoms with van der Waals surface area (Å²) in [7, 11) is 0. The standard InChI is InChI=1S/C23H17BrClN3O/c24-19-11-9-16(10-12-19)23(29)27-26-13-18-15-28(22-8-4-2-6-20(18)22)14-17-5-1-3-7-21(17)25/h1-13,15H,14H2,(H,27,29). The molecular weight excluding hydrogens is 450 g/mol. The molecule has 0 atom stereocenters. The van der Waals surface area contributed by atoms with Crippen LogP contribution >= 0.6 is 27.5 Å². The zero-order valence-electron chi connectivity index (χ0n) is 15.3. The summed E-state index contributed by atoms with van der Waals surface area (Å²) in [5.74, 6) is -0.256. The lowest BCUT2D eigenvalue weighted by Crippen LogP contribution is -2.17. The van der Waals surface area contributed by atoms with Crippen molar-refractivity contribution >= 4 is 50.6 Å². The van der Waals surface area contributed by atoms with Crippen LogP contribution in [0.4, 0.5) is 0 Å². The number of carbonyl (C=O) groups is 1. The van der Waals surface area contributed by atoms with Gasteiger partial charge in [0, 0.05) is 44.3 Å². The van der Waals surface area contributed by atoms with Gasteiger partial charge in [-0.15, -0.1) is 0 Å². The molecule has 0 saturated carbocycles. The van der Waals surface area contributed by atoms with E-state index >= 15 is 0 Å². The highest BCUT2D eigenvalue weighted by Gasteiger charge is 2.09. The number of hydrazone groups is 1. The molecule has 0 aliphatic rings. The lowest BCUT2D eigenvalue weighted by atomic mass is 10.2. The van der Waals surface area contributed by atoms with Gasteiger partial charge in [-0.3, -0.25) is 4.79 Å². The molecule has 29 heavy (non-hydrogen) atoms. The second-order valence-corrected chi connectivity index (χ2v) is 7.85. The molecule has 6 heteroatoms. The second-order valence-electron chi connectivity index (χ2n) is 6.53. The highest BCUT2D eigenvalue weighted by atomic mass is 79.9. The van der Waals surface area contributed by atoms with Crippen LogP contribution in [-0.2, 0) is 6.54 Å². The SMILES string of the molecule is O=C(NN=Cc1cn(Cc2ccccc2Cl)c2ccccc12)c1ccc(Br)cc1. The Hall–Kier alpha value is -2.89. The van der Waals surface area contributed by atoms with Gasteiger partial charge in [0.2, 0.25) is 0 Å². The first-order chi connectivity index (χ1) is 14.1. The summed E-state index contributed by atoms with van der Waals surface area (Å²) >= 11 is 9.69. The summed E-state index contributed by atoms with van der Waals surface area (Å²) in [5, 5.41) is 5.95. The summed E-state index contributed by atoms with van der Waals surface area (Å²) in [4.78, 5) is 12.2. The molecule has 4 aromatic rings. The van der Waals surface area contributed by atoms with Gasteiger partial charge in [-0.1, -0.05) is 63.9 Å². The maximum absolute atomic E-state index is 12.2. The van der Waals surface area contributed by atoms with E-state index in [9.17, 15) is 4.79 Å². The average molecular weight is 467 g/mol. The Bertz CT molecular complexity index is 1200. The zero-order valence-corrected chi connectivity index (χ0v) is 17.7. The monoisotopic (exact) mass is 465 g/mol. The van der Waals surface area contributed by atoms with E-state index in [0.29, 0.717) is 12.1 Å². The second kappa shape index (κ2) is 8.64. The number of fused-ring (bicyclic) bond motifs is 1. The van der Waals surface area contributed by atoms with Gasteiger partial charge in [-0.25, -0.2) is 5.43 Å². The number of nitrogens with zero attached hydrogens (tertiary/aromatic N) is 2. The van der Waals surface area contributed by atoms with Crippen molar-refractivity contribution < 1.29 is 4.79 Å². The van der Waals surface area contributed by atoms with Crippen LogP contribution < -0.4 is 5.43 Å². The van der Waals surface area contributed by atoms with Crippen LogP contribution in [0.25, 0.3) is 10.9 Å². The van der Waals surface area contributed by atoms with Crippen molar-refractivity contribution in [3.8, 4) is 0 Å². The molecular formula is C23H17BrClN3O. The molecule has 4 rings (SSSR count). The number of rotatable bonds is 5. The van der Waals surface area contributed by atoms with Gasteiger partial charge in [0.05, 0.1) is 6.21 Å². The zero-order chi connectivity index (χ0) is 20.2. The van der Waals surface area contributed by atoms with Crippen LogP contribution in [0.1, 0.15) is 21.5 Å². The number of halogens is 2. The molecule has 3 aromatic carbocycles. The average Bonchev–Trinajstić information content (AvgIpc) is 3.08. The number of aromatic nitrogens is 1. The molecule has 0 unspecified atom stereocenters. The number of amides is 1. The first kappa shape index (κ1) is 19.4. The fraction of sp³-hybridized carbons (Fsp3) is 0.0435. The van der Waals surface area contributed by atoms with Crippen LogP contribution in [0.5, 0.6) is 0 Å². The minimum Gasteiger partial charge on any atom is -0.342 e. The quantitative estimate of drug-likeness (QED) is 0.290. The molecule has 0 bridgehead atoms. The first-order valence-corrected chi connectivity index (χ1v) is 10.2. The van der Waals surface area contributed by atoms with Crippen molar-refractivity contribution in [2.24, 2.45) is 5.10 Å². The molecule has 0 saturated heterocycles. The van der Waals surface area contributed by atoms with E-state index in [-0.39, 0.29) is 5.91 Å². The Labute approximate surface area is 181 Å². The van der Waals surface area contributed by atoms with Gasteiger partial charge in [0.25, 0.3) is 5.91 Å². The van der Waals surface area contributed by atoms with E-state index in [1.165, 1.54) is 0 Å². The van der Waals surface area contributed by atoms with E-state index in [2.05, 4.69) is 37.1 Å². The molecule has 0 aliphatic heterocycles. The molecule has 1 amide bonds. The third kappa shape index (κ3) is 4.42. The van der Waals surface area contributed by atoms with Gasteiger partial charge < -0.3 is 4.57 Å². The lowest BCUT2D eigenvalue weighted by molar-refractivity contribution is 0.0955. The summed E-state index contributed by atoms with van der Waals surface area (Å²) in [5.41, 5.74) is 6.17. The van der Waals surface area contributed by atoms with Crippen molar-refractivity contribution in [1.29, 1.82) is 0 Å². The molecule has 0 radical (unpaired) electrons. The fourth-order valence-corrected chi connectivity index (χ4v) is 3.61. The Morgan fingerprint density at radius 2 is 1.76 bits per heavy atom. The Morgan fingerprint density at radius 1 is 1.03 bits per heavy atom. The molecule has 0 fully saturated rings. The van der Waals surface area contributed by atoms with Crippen LogP contribution in [-0.4, -0.2) is 16.7 Å². The normalized spacial score (nSPS) is 11.2. The highest BCUT2D eigenvalue weighted by molar-refractivity contribution is 9.10. The molecule has 144 valence electrons. The van der Waals surface area contributed by atoms with Gasteiger partial charge in [-0.2, -0.15) is 5.10 Å². The van der Waals surface area contributed by atoms with E-state index in [1.54, 1.807) is 18.3 Å². The maximum Gasteiger partial charge on any atom is 0.271 e. The molecule has 1 aromatic heterocycles. The minimum atomic E-state index is -0.256. The fourth-order valence-electron chi connectivity index (χ4n) is 3.15. The largest absolute Gasteiger partial charge is 0.342 e. The van der Waals surface area contributed by atoms with Gasteiger partial charge in [-0.05, 0) is 42.0 Å². The van der Waals surface area contributed by atoms with Crippen molar-refractivity contribution in [2.45, 2.75) is 6.54 Å². The summed E-state index contributed by atoms with van der Waals surface area (Å²) in [6.45, 7) is 0.652. The predicted molar refractivity (Wildman–Crippen MR) is 122 cm³/mol. The van der Waals surface area contributed by atoms with Crippen LogP contribution in [0, 0.1) is 0 Å². The highest BCUT2D eigenvalue weighted by Crippen LogP contribution is 2.23. The smallest absolute Gasteiger partial charge is 0.271 e. The predicted octanol–water partition coefficient (Wildman–Crippen LogP) is 5.87. The van der Waals surface area contributed by atoms with E-state index in [0.717, 1.165) is 31.5 Å². The van der Waals surface area contributed by atoms with E-state index in [1.807, 2.05) is 60.8 Å². The first-order valence-electron chi connectivity index (χ1n) is 9.02. The number of hydrogen-bond acceptors (Lipinski definition) is 2. The minimum absolute atomic E-state index is 0.256. The molecule has 4 nitrogen and oxygen atoms in total. The molecule has 0 spiro atoms. The van der Waals surface area contributed by atoms with Crippen molar-refractivity contribution in [3.63, 3.8) is 0 Å². The molecule has 1 heterocycles. The number of para-hydroxylation sites is 1. The van der Waals surface area contributed by atoms with Gasteiger partial charge in [0.15, 0.2) is 0 Å². The number of benzene rings is 3. The Kier molecular flexibility index (Phi) is 5.79. The summed E-state index contributed by atoms with van der Waals surface area (Å²) in [6.07, 6.45) is 3.69. The number of hydrogen-bond donors (Lipinski definition) is 1. The number of carbonyl (C=O) groups excluding carboxylic acids is 1. The third-order valence-electron chi connectivity index (χ3n) is 4.59. The van der Waals surface area contributed by atoms with Crippen molar-refractivity contribution in [1.82, 2.24) is 9.99 Å². The van der Waals surface area contributed by atoms with Crippen LogP contribution in [0.3, 0.4) is 0 Å². The summed E-state index contributed by atoms with van der Waals surface area (Å²) < 4.78 is 3.05. The lowest BCUT2D eigenvalue weighted by Gasteiger charge is -2.07. The van der Waals surface area contributed by atoms with E-state index < -0.39 is 0 Å². The van der Waals surface area contributed by atoms with E-state index in [4.69, 9.17) is 11.6 Å². The Balaban J connectivity index is 1.57. The molecule has 1 N–H and O–H groups in total. The van der Waals surface area contributed by atoms with Crippen LogP contribution in [0.15, 0.2) is 88.6 Å². The third-order valence-corrected chi connectivity index (χ3v) is 5.49. The molecule has 0 aliphatic carbocycles.